The molecule has 0 spiro atoms. The molecule has 0 saturated carbocycles. The molecule has 0 bridgehead atoms. The molecule has 2 rings (SSSR count). The topological polar surface area (TPSA) is 100 Å². The molecule has 0 radical (unpaired) electrons. The maximum atomic E-state index is 12.2. The molecular formula is C20H20F3N3O4. The molecule has 0 unspecified atom stereocenters. The third-order valence-corrected chi connectivity index (χ3v) is 3.82. The van der Waals surface area contributed by atoms with Gasteiger partial charge in [-0.1, -0.05) is 6.07 Å². The molecule has 0 aliphatic rings. The summed E-state index contributed by atoms with van der Waals surface area (Å²) in [7, 11) is 0. The summed E-state index contributed by atoms with van der Waals surface area (Å²) in [5.74, 6) is -1.23. The normalized spacial score (nSPS) is 11.3. The van der Waals surface area contributed by atoms with Crippen molar-refractivity contribution in [1.29, 1.82) is 0 Å². The monoisotopic (exact) mass is 423 g/mol. The number of alkyl halides is 3. The summed E-state index contributed by atoms with van der Waals surface area (Å²) >= 11 is 0. The molecule has 1 aromatic heterocycles. The summed E-state index contributed by atoms with van der Waals surface area (Å²) in [5.41, 5.74) is 0.904. The number of aryl methyl sites for hydroxylation is 1. The SMILES string of the molecule is Cc1ccc(C(=O)NCC(F)(F)F)cc1NC(=O)CCNC(=O)C=Cc1ccco1. The van der Waals surface area contributed by atoms with Gasteiger partial charge >= 0.3 is 6.18 Å². The Labute approximate surface area is 170 Å². The molecule has 3 amide bonds. The number of rotatable bonds is 8. The van der Waals surface area contributed by atoms with Crippen LogP contribution in [0.25, 0.3) is 6.08 Å². The Kier molecular flexibility index (Phi) is 7.79. The third kappa shape index (κ3) is 7.82. The number of hydrogen-bond donors (Lipinski definition) is 3. The first-order valence-electron chi connectivity index (χ1n) is 8.89. The highest BCUT2D eigenvalue weighted by atomic mass is 19.4. The lowest BCUT2D eigenvalue weighted by atomic mass is 10.1. The smallest absolute Gasteiger partial charge is 0.405 e. The van der Waals surface area contributed by atoms with Gasteiger partial charge in [-0.05, 0) is 42.8 Å². The second kappa shape index (κ2) is 10.3. The van der Waals surface area contributed by atoms with Gasteiger partial charge in [0.2, 0.25) is 11.8 Å². The molecule has 0 fully saturated rings. The van der Waals surface area contributed by atoms with Gasteiger partial charge in [-0.15, -0.1) is 0 Å². The van der Waals surface area contributed by atoms with Crippen LogP contribution in [0.3, 0.4) is 0 Å². The molecule has 0 aliphatic heterocycles. The molecule has 10 heteroatoms. The number of benzene rings is 1. The average Bonchev–Trinajstić information content (AvgIpc) is 3.19. The Balaban J connectivity index is 1.84. The molecule has 160 valence electrons. The highest BCUT2D eigenvalue weighted by molar-refractivity contribution is 5.98. The molecular weight excluding hydrogens is 403 g/mol. The summed E-state index contributed by atoms with van der Waals surface area (Å²) in [5, 5.41) is 6.89. The summed E-state index contributed by atoms with van der Waals surface area (Å²) in [6.45, 7) is 0.293. The maximum absolute atomic E-state index is 12.2. The van der Waals surface area contributed by atoms with Crippen molar-refractivity contribution < 1.29 is 32.0 Å². The van der Waals surface area contributed by atoms with Crippen molar-refractivity contribution in [1.82, 2.24) is 10.6 Å². The number of carbonyl (C=O) groups excluding carboxylic acids is 3. The average molecular weight is 423 g/mol. The Morgan fingerprint density at radius 2 is 1.90 bits per heavy atom. The Hall–Kier alpha value is -3.56. The zero-order valence-corrected chi connectivity index (χ0v) is 16.0. The number of halogens is 3. The van der Waals surface area contributed by atoms with Crippen LogP contribution in [0.2, 0.25) is 0 Å². The summed E-state index contributed by atoms with van der Waals surface area (Å²) in [6, 6.07) is 7.53. The summed E-state index contributed by atoms with van der Waals surface area (Å²) in [4.78, 5) is 35.6. The quantitative estimate of drug-likeness (QED) is 0.568. The molecule has 0 aliphatic carbocycles. The van der Waals surface area contributed by atoms with Gasteiger partial charge in [-0.3, -0.25) is 14.4 Å². The predicted molar refractivity (Wildman–Crippen MR) is 104 cm³/mol. The van der Waals surface area contributed by atoms with Crippen LogP contribution in [0.4, 0.5) is 18.9 Å². The highest BCUT2D eigenvalue weighted by Gasteiger charge is 2.28. The lowest BCUT2D eigenvalue weighted by Gasteiger charge is -2.12. The highest BCUT2D eigenvalue weighted by Crippen LogP contribution is 2.18. The minimum Gasteiger partial charge on any atom is -0.465 e. The van der Waals surface area contributed by atoms with E-state index in [0.717, 1.165) is 0 Å². The fourth-order valence-electron chi connectivity index (χ4n) is 2.30. The van der Waals surface area contributed by atoms with Crippen molar-refractivity contribution in [2.45, 2.75) is 19.5 Å². The summed E-state index contributed by atoms with van der Waals surface area (Å²) < 4.78 is 41.7. The number of amides is 3. The number of hydrogen-bond acceptors (Lipinski definition) is 4. The van der Waals surface area contributed by atoms with Gasteiger partial charge in [-0.2, -0.15) is 13.2 Å². The van der Waals surface area contributed by atoms with Crippen LogP contribution < -0.4 is 16.0 Å². The molecule has 3 N–H and O–H groups in total. The fourth-order valence-corrected chi connectivity index (χ4v) is 2.30. The van der Waals surface area contributed by atoms with Gasteiger partial charge in [0.15, 0.2) is 0 Å². The van der Waals surface area contributed by atoms with Gasteiger partial charge in [0.05, 0.1) is 6.26 Å². The molecule has 0 atom stereocenters. The molecule has 0 saturated heterocycles. The van der Waals surface area contributed by atoms with Gasteiger partial charge < -0.3 is 20.4 Å². The van der Waals surface area contributed by atoms with E-state index in [1.54, 1.807) is 24.4 Å². The minimum absolute atomic E-state index is 0.0171. The van der Waals surface area contributed by atoms with E-state index in [4.69, 9.17) is 4.42 Å². The minimum atomic E-state index is -4.52. The standard InChI is InChI=1S/C20H20F3N3O4/c1-13-4-5-14(19(29)25-12-20(21,22)23)11-16(13)26-18(28)8-9-24-17(27)7-6-15-3-2-10-30-15/h2-7,10-11H,8-9,12H2,1H3,(H,24,27)(H,25,29)(H,26,28). The molecule has 2 aromatic rings. The van der Waals surface area contributed by atoms with Crippen LogP contribution >= 0.6 is 0 Å². The van der Waals surface area contributed by atoms with Crippen LogP contribution in [0.1, 0.15) is 28.1 Å². The summed E-state index contributed by atoms with van der Waals surface area (Å²) in [6.07, 6.45) is -0.337. The Morgan fingerprint density at radius 3 is 2.57 bits per heavy atom. The van der Waals surface area contributed by atoms with E-state index in [2.05, 4.69) is 10.6 Å². The van der Waals surface area contributed by atoms with Crippen LogP contribution in [0.15, 0.2) is 47.1 Å². The number of furan rings is 1. The fraction of sp³-hybridized carbons (Fsp3) is 0.250. The van der Waals surface area contributed by atoms with Crippen molar-refractivity contribution >= 4 is 29.5 Å². The number of carbonyl (C=O) groups is 3. The van der Waals surface area contributed by atoms with E-state index in [1.165, 1.54) is 36.6 Å². The van der Waals surface area contributed by atoms with E-state index in [9.17, 15) is 27.6 Å². The Bertz CT molecular complexity index is 922. The number of nitrogens with one attached hydrogen (secondary N) is 3. The van der Waals surface area contributed by atoms with Crippen LogP contribution in [-0.2, 0) is 9.59 Å². The first kappa shape index (κ1) is 22.7. The van der Waals surface area contributed by atoms with E-state index in [0.29, 0.717) is 17.0 Å². The molecule has 7 nitrogen and oxygen atoms in total. The van der Waals surface area contributed by atoms with Crippen molar-refractivity contribution in [3.63, 3.8) is 0 Å². The van der Waals surface area contributed by atoms with Gasteiger partial charge in [0.1, 0.15) is 12.3 Å². The molecule has 1 heterocycles. The second-order valence-electron chi connectivity index (χ2n) is 6.27. The largest absolute Gasteiger partial charge is 0.465 e. The third-order valence-electron chi connectivity index (χ3n) is 3.82. The van der Waals surface area contributed by atoms with E-state index in [-0.39, 0.29) is 18.5 Å². The first-order chi connectivity index (χ1) is 14.1. The van der Waals surface area contributed by atoms with Crippen LogP contribution in [-0.4, -0.2) is 37.0 Å². The zero-order chi connectivity index (χ0) is 22.1. The van der Waals surface area contributed by atoms with Crippen molar-refractivity contribution in [3.8, 4) is 0 Å². The van der Waals surface area contributed by atoms with E-state index < -0.39 is 30.4 Å². The van der Waals surface area contributed by atoms with Crippen LogP contribution in [0.5, 0.6) is 0 Å². The Morgan fingerprint density at radius 1 is 1.13 bits per heavy atom. The molecule has 1 aromatic carbocycles. The molecule has 30 heavy (non-hydrogen) atoms. The van der Waals surface area contributed by atoms with Gasteiger partial charge in [-0.25, -0.2) is 0 Å². The number of anilines is 1. The van der Waals surface area contributed by atoms with Gasteiger partial charge in [0, 0.05) is 30.3 Å². The van der Waals surface area contributed by atoms with E-state index in [1.807, 2.05) is 0 Å². The van der Waals surface area contributed by atoms with E-state index >= 15 is 0 Å². The lowest BCUT2D eigenvalue weighted by Crippen LogP contribution is -2.33. The maximum Gasteiger partial charge on any atom is 0.405 e. The van der Waals surface area contributed by atoms with Crippen molar-refractivity contribution in [3.05, 3.63) is 59.6 Å². The second-order valence-corrected chi connectivity index (χ2v) is 6.27. The van der Waals surface area contributed by atoms with Gasteiger partial charge in [0.25, 0.3) is 5.91 Å². The predicted octanol–water partition coefficient (Wildman–Crippen LogP) is 3.04. The zero-order valence-electron chi connectivity index (χ0n) is 16.0. The lowest BCUT2D eigenvalue weighted by molar-refractivity contribution is -0.123. The first-order valence-corrected chi connectivity index (χ1v) is 8.89. The van der Waals surface area contributed by atoms with Crippen molar-refractivity contribution in [2.75, 3.05) is 18.4 Å². The van der Waals surface area contributed by atoms with Crippen molar-refractivity contribution in [2.24, 2.45) is 0 Å². The van der Waals surface area contributed by atoms with Crippen LogP contribution in [0, 0.1) is 6.92 Å².